The van der Waals surface area contributed by atoms with Crippen LogP contribution in [0.1, 0.15) is 97.9 Å². The Labute approximate surface area is 221 Å². The molecule has 0 bridgehead atoms. The molecule has 2 unspecified atom stereocenters. The van der Waals surface area contributed by atoms with Gasteiger partial charge in [-0.3, -0.25) is 9.59 Å². The van der Waals surface area contributed by atoms with E-state index in [1.807, 2.05) is 42.5 Å². The summed E-state index contributed by atoms with van der Waals surface area (Å²) in [4.78, 5) is 23.4. The summed E-state index contributed by atoms with van der Waals surface area (Å²) in [5, 5.41) is 3.68. The van der Waals surface area contributed by atoms with Crippen molar-refractivity contribution in [3.05, 3.63) is 70.8 Å². The summed E-state index contributed by atoms with van der Waals surface area (Å²) in [6.45, 7) is 0. The van der Waals surface area contributed by atoms with Crippen LogP contribution in [0.25, 0.3) is 0 Å². The molecule has 0 saturated heterocycles. The number of hydrogen-bond acceptors (Lipinski definition) is 3. The van der Waals surface area contributed by atoms with Gasteiger partial charge in [-0.05, 0) is 47.7 Å². The number of rotatable bonds is 2. The molecular weight excluding hydrogens is 498 g/mol. The molecule has 2 aromatic carbocycles. The molecule has 3 nitrogen and oxygen atoms in total. The molecule has 1 saturated carbocycles. The average molecular weight is 535 g/mol. The van der Waals surface area contributed by atoms with Crippen molar-refractivity contribution in [1.29, 1.82) is 0 Å². The molecule has 0 heterocycles. The molecule has 2 atom stereocenters. The molecule has 5 rings (SSSR count). The molecule has 4 heteroatoms. The summed E-state index contributed by atoms with van der Waals surface area (Å²) in [5.74, 6) is 9.16. The number of carbonyl (C=O) groups is 2. The molecule has 2 aromatic rings. The molecule has 0 aromatic heterocycles. The molecule has 0 aliphatic heterocycles. The minimum atomic E-state index is 0. The van der Waals surface area contributed by atoms with Crippen molar-refractivity contribution in [1.82, 2.24) is 5.32 Å². The number of hydrogen-bond donors (Lipinski definition) is 1. The van der Waals surface area contributed by atoms with Crippen LogP contribution in [0.5, 0.6) is 0 Å². The Morgan fingerprint density at radius 1 is 0.800 bits per heavy atom. The standard InChI is InChI=1S/C15H19NO.C9H7BrO.C6H2.CH4.2H2/c17-15-10-14(12-8-4-5-9-13(12)15)16-11-6-2-1-3-7-11;10-8-5-9(11)7-4-2-1-3-6(7)8;1-3-5-6-4-2;;;/h4-5,8-9,11,14,16H,1-3,6-7,10H2;1-4,8H,5H2;1-2H;1H4;2*1H. The fourth-order valence-electron chi connectivity index (χ4n) is 4.64. The number of nitrogens with one attached hydrogen (secondary N) is 1. The predicted molar refractivity (Wildman–Crippen MR) is 152 cm³/mol. The molecule has 1 fully saturated rings. The number of halogens is 1. The van der Waals surface area contributed by atoms with Crippen molar-refractivity contribution in [2.24, 2.45) is 0 Å². The normalized spacial score (nSPS) is 19.5. The topological polar surface area (TPSA) is 46.2 Å². The maximum atomic E-state index is 11.9. The molecule has 0 amide bonds. The van der Waals surface area contributed by atoms with Crippen LogP contribution in [0.4, 0.5) is 0 Å². The van der Waals surface area contributed by atoms with Crippen LogP contribution in [0.3, 0.4) is 0 Å². The van der Waals surface area contributed by atoms with Gasteiger partial charge >= 0.3 is 0 Å². The minimum absolute atomic E-state index is 0. The number of carbonyl (C=O) groups excluding carboxylic acids is 2. The third kappa shape index (κ3) is 7.70. The first-order valence-electron chi connectivity index (χ1n) is 11.6. The lowest BCUT2D eigenvalue weighted by Gasteiger charge is -2.26. The van der Waals surface area contributed by atoms with Crippen LogP contribution in [0.15, 0.2) is 48.5 Å². The van der Waals surface area contributed by atoms with Crippen molar-refractivity contribution in [3.8, 4) is 36.5 Å². The van der Waals surface area contributed by atoms with E-state index in [2.05, 4.69) is 51.0 Å². The first-order chi connectivity index (χ1) is 16.5. The van der Waals surface area contributed by atoms with Crippen LogP contribution in [0, 0.1) is 36.5 Å². The van der Waals surface area contributed by atoms with E-state index in [1.54, 1.807) is 0 Å². The van der Waals surface area contributed by atoms with Gasteiger partial charge in [0.1, 0.15) is 0 Å². The second kappa shape index (κ2) is 14.3. The molecule has 3 aliphatic rings. The van der Waals surface area contributed by atoms with Crippen molar-refractivity contribution < 1.29 is 12.4 Å². The van der Waals surface area contributed by atoms with Gasteiger partial charge in [0.15, 0.2) is 11.6 Å². The highest BCUT2D eigenvalue weighted by atomic mass is 79.9. The number of fused-ring (bicyclic) bond motifs is 2. The van der Waals surface area contributed by atoms with Gasteiger partial charge in [0.05, 0.1) is 0 Å². The Morgan fingerprint density at radius 3 is 1.89 bits per heavy atom. The minimum Gasteiger partial charge on any atom is -0.307 e. The Bertz CT molecular complexity index is 1160. The predicted octanol–water partition coefficient (Wildman–Crippen LogP) is 7.33. The van der Waals surface area contributed by atoms with Crippen molar-refractivity contribution in [2.45, 2.75) is 69.3 Å². The van der Waals surface area contributed by atoms with E-state index in [4.69, 9.17) is 12.8 Å². The monoisotopic (exact) mass is 533 g/mol. The van der Waals surface area contributed by atoms with Gasteiger partial charge in [0.25, 0.3) is 0 Å². The molecule has 184 valence electrons. The van der Waals surface area contributed by atoms with Gasteiger partial charge in [-0.15, -0.1) is 12.8 Å². The highest BCUT2D eigenvalue weighted by molar-refractivity contribution is 9.09. The van der Waals surface area contributed by atoms with Gasteiger partial charge in [-0.25, -0.2) is 0 Å². The first-order valence-corrected chi connectivity index (χ1v) is 12.5. The van der Waals surface area contributed by atoms with Gasteiger partial charge in [0, 0.05) is 43.7 Å². The second-order valence-electron chi connectivity index (χ2n) is 8.49. The highest BCUT2D eigenvalue weighted by Crippen LogP contribution is 2.37. The number of terminal acetylenes is 2. The Morgan fingerprint density at radius 2 is 1.31 bits per heavy atom. The summed E-state index contributed by atoms with van der Waals surface area (Å²) < 4.78 is 0. The number of benzene rings is 2. The van der Waals surface area contributed by atoms with E-state index in [1.165, 1.54) is 37.7 Å². The van der Waals surface area contributed by atoms with Crippen LogP contribution in [-0.4, -0.2) is 17.6 Å². The summed E-state index contributed by atoms with van der Waals surface area (Å²) in [7, 11) is 0. The first kappa shape index (κ1) is 28.1. The maximum Gasteiger partial charge on any atom is 0.165 e. The third-order valence-electron chi connectivity index (χ3n) is 6.24. The van der Waals surface area contributed by atoms with Gasteiger partial charge in [-0.1, -0.05) is 91.1 Å². The Balaban J connectivity index is 0.000000566. The summed E-state index contributed by atoms with van der Waals surface area (Å²) in [6.07, 6.45) is 17.2. The lowest BCUT2D eigenvalue weighted by Crippen LogP contribution is -2.33. The van der Waals surface area contributed by atoms with Gasteiger partial charge < -0.3 is 5.32 Å². The number of alkyl halides is 1. The van der Waals surface area contributed by atoms with Crippen molar-refractivity contribution >= 4 is 27.5 Å². The fourth-order valence-corrected chi connectivity index (χ4v) is 5.33. The van der Waals surface area contributed by atoms with E-state index in [-0.39, 0.29) is 26.9 Å². The third-order valence-corrected chi connectivity index (χ3v) is 7.06. The largest absolute Gasteiger partial charge is 0.307 e. The molecule has 3 aliphatic carbocycles. The summed E-state index contributed by atoms with van der Waals surface area (Å²) >= 11 is 3.46. The zero-order valence-electron chi connectivity index (χ0n) is 19.1. The van der Waals surface area contributed by atoms with Crippen molar-refractivity contribution in [2.75, 3.05) is 0 Å². The van der Waals surface area contributed by atoms with Gasteiger partial charge in [-0.2, -0.15) is 0 Å². The quantitative estimate of drug-likeness (QED) is 0.324. The zero-order valence-corrected chi connectivity index (χ0v) is 20.7. The van der Waals surface area contributed by atoms with E-state index >= 15 is 0 Å². The summed E-state index contributed by atoms with van der Waals surface area (Å²) in [5.41, 5.74) is 4.16. The fraction of sp³-hybridized carbons (Fsp3) is 0.355. The van der Waals surface area contributed by atoms with Crippen LogP contribution in [0.2, 0.25) is 0 Å². The molecule has 1 N–H and O–H groups in total. The second-order valence-corrected chi connectivity index (χ2v) is 9.59. The number of Topliss-reactive ketones (excluding diaryl/α,β-unsaturated/α-hetero) is 2. The highest BCUT2D eigenvalue weighted by Gasteiger charge is 2.30. The number of ketones is 2. The van der Waals surface area contributed by atoms with Crippen molar-refractivity contribution in [3.63, 3.8) is 0 Å². The van der Waals surface area contributed by atoms with E-state index < -0.39 is 0 Å². The van der Waals surface area contributed by atoms with Crippen LogP contribution in [-0.2, 0) is 0 Å². The lowest BCUT2D eigenvalue weighted by molar-refractivity contribution is 0.0979. The summed E-state index contributed by atoms with van der Waals surface area (Å²) in [6, 6.07) is 16.7. The molecule has 0 radical (unpaired) electrons. The van der Waals surface area contributed by atoms with E-state index in [0.717, 1.165) is 16.7 Å². The Hall–Kier alpha value is -3.10. The van der Waals surface area contributed by atoms with Crippen LogP contribution >= 0.6 is 15.9 Å². The van der Waals surface area contributed by atoms with Gasteiger partial charge in [0.2, 0.25) is 0 Å². The van der Waals surface area contributed by atoms with Crippen LogP contribution < -0.4 is 5.32 Å². The van der Waals surface area contributed by atoms with E-state index in [0.29, 0.717) is 24.7 Å². The smallest absolute Gasteiger partial charge is 0.165 e. The van der Waals surface area contributed by atoms with E-state index in [9.17, 15) is 9.59 Å². The zero-order chi connectivity index (χ0) is 24.3. The maximum absolute atomic E-state index is 11.9. The average Bonchev–Trinajstić information content (AvgIpc) is 3.35. The Kier molecular flexibility index (Phi) is 11.5. The molecule has 0 spiro atoms. The SMILES string of the molecule is C.C#CC#CC#C.O=C1CC(Br)c2ccccc21.O=C1CC(NC2CCCCC2)c2ccccc21.[HH].[HH]. The molecule has 35 heavy (non-hydrogen) atoms. The molecular formula is C31H36BrNO2. The lowest BCUT2D eigenvalue weighted by atomic mass is 9.94.